The van der Waals surface area contributed by atoms with Crippen molar-refractivity contribution in [1.29, 1.82) is 0 Å². The van der Waals surface area contributed by atoms with E-state index in [0.717, 1.165) is 35.6 Å². The molecule has 0 saturated heterocycles. The molecule has 0 aliphatic carbocycles. The fourth-order valence-corrected chi connectivity index (χ4v) is 1.85. The van der Waals surface area contributed by atoms with Crippen molar-refractivity contribution in [3.63, 3.8) is 0 Å². The van der Waals surface area contributed by atoms with Crippen LogP contribution in [0.15, 0.2) is 18.2 Å². The molecule has 0 radical (unpaired) electrons. The molecule has 0 saturated carbocycles. The van der Waals surface area contributed by atoms with E-state index in [4.69, 9.17) is 5.73 Å². The summed E-state index contributed by atoms with van der Waals surface area (Å²) in [4.78, 5) is 0. The second-order valence-corrected chi connectivity index (χ2v) is 5.75. The van der Waals surface area contributed by atoms with Crippen LogP contribution in [0.4, 0.5) is 5.69 Å². The minimum absolute atomic E-state index is 0.174. The smallest absolute Gasteiger partial charge is 0.182 e. The van der Waals surface area contributed by atoms with Gasteiger partial charge < -0.3 is 5.73 Å². The van der Waals surface area contributed by atoms with Gasteiger partial charge >= 0.3 is 0 Å². The molecule has 0 amide bonds. The van der Waals surface area contributed by atoms with Crippen LogP contribution in [0, 0.1) is 12.3 Å². The normalized spacial score (nSPS) is 11.8. The standard InChI is InChI=1S/C14H21N5/c1-5-14(3,4)9-19-13(16-17-18-19)11-6-7-12(15)10(2)8-11/h6-8H,5,9,15H2,1-4H3. The van der Waals surface area contributed by atoms with Crippen molar-refractivity contribution in [2.24, 2.45) is 5.41 Å². The zero-order chi connectivity index (χ0) is 14.0. The topological polar surface area (TPSA) is 69.6 Å². The maximum Gasteiger partial charge on any atom is 0.182 e. The van der Waals surface area contributed by atoms with E-state index in [0.29, 0.717) is 0 Å². The van der Waals surface area contributed by atoms with E-state index in [9.17, 15) is 0 Å². The third kappa shape index (κ3) is 2.92. The van der Waals surface area contributed by atoms with E-state index in [1.807, 2.05) is 29.8 Å². The summed E-state index contributed by atoms with van der Waals surface area (Å²) in [6.07, 6.45) is 1.08. The van der Waals surface area contributed by atoms with Crippen LogP contribution in [0.1, 0.15) is 32.8 Å². The van der Waals surface area contributed by atoms with Gasteiger partial charge in [-0.05, 0) is 52.9 Å². The summed E-state index contributed by atoms with van der Waals surface area (Å²) in [5.41, 5.74) is 8.85. The summed E-state index contributed by atoms with van der Waals surface area (Å²) in [7, 11) is 0. The van der Waals surface area contributed by atoms with Gasteiger partial charge in [-0.15, -0.1) is 5.10 Å². The van der Waals surface area contributed by atoms with E-state index in [1.54, 1.807) is 0 Å². The first-order valence-corrected chi connectivity index (χ1v) is 6.55. The molecule has 2 rings (SSSR count). The van der Waals surface area contributed by atoms with Crippen molar-refractivity contribution in [2.45, 2.75) is 40.7 Å². The lowest BCUT2D eigenvalue weighted by Crippen LogP contribution is -2.20. The molecule has 0 aliphatic heterocycles. The number of tetrazole rings is 1. The number of hydrogen-bond donors (Lipinski definition) is 1. The van der Waals surface area contributed by atoms with Crippen molar-refractivity contribution in [2.75, 3.05) is 5.73 Å². The zero-order valence-corrected chi connectivity index (χ0v) is 12.0. The number of nitrogens with two attached hydrogens (primary N) is 1. The minimum atomic E-state index is 0.174. The quantitative estimate of drug-likeness (QED) is 0.857. The molecule has 0 atom stereocenters. The third-order valence-electron chi connectivity index (χ3n) is 3.59. The molecule has 0 fully saturated rings. The Morgan fingerprint density at radius 3 is 2.68 bits per heavy atom. The van der Waals surface area contributed by atoms with Crippen LogP contribution in [0.25, 0.3) is 11.4 Å². The molecule has 1 aromatic carbocycles. The number of benzene rings is 1. The van der Waals surface area contributed by atoms with Crippen LogP contribution in [0.5, 0.6) is 0 Å². The van der Waals surface area contributed by atoms with Gasteiger partial charge in [0, 0.05) is 11.3 Å². The van der Waals surface area contributed by atoms with Gasteiger partial charge in [-0.2, -0.15) is 0 Å². The van der Waals surface area contributed by atoms with E-state index >= 15 is 0 Å². The molecule has 102 valence electrons. The van der Waals surface area contributed by atoms with E-state index in [1.165, 1.54) is 0 Å². The maximum atomic E-state index is 5.84. The van der Waals surface area contributed by atoms with Crippen molar-refractivity contribution < 1.29 is 0 Å². The van der Waals surface area contributed by atoms with Gasteiger partial charge in [0.1, 0.15) is 0 Å². The second kappa shape index (κ2) is 4.99. The summed E-state index contributed by atoms with van der Waals surface area (Å²) in [6.45, 7) is 9.40. The first-order chi connectivity index (χ1) is 8.93. The highest BCUT2D eigenvalue weighted by Gasteiger charge is 2.20. The van der Waals surface area contributed by atoms with E-state index in [2.05, 4.69) is 36.3 Å². The number of aryl methyl sites for hydroxylation is 1. The largest absolute Gasteiger partial charge is 0.399 e. The summed E-state index contributed by atoms with van der Waals surface area (Å²) in [5.74, 6) is 0.796. The van der Waals surface area contributed by atoms with Gasteiger partial charge in [0.25, 0.3) is 0 Å². The van der Waals surface area contributed by atoms with Crippen LogP contribution in [0.2, 0.25) is 0 Å². The molecule has 0 unspecified atom stereocenters. The predicted molar refractivity (Wildman–Crippen MR) is 76.5 cm³/mol. The molecule has 5 nitrogen and oxygen atoms in total. The molecule has 1 aromatic heterocycles. The first kappa shape index (κ1) is 13.5. The van der Waals surface area contributed by atoms with Crippen LogP contribution < -0.4 is 5.73 Å². The molecule has 19 heavy (non-hydrogen) atoms. The highest BCUT2D eigenvalue weighted by molar-refractivity contribution is 5.61. The summed E-state index contributed by atoms with van der Waals surface area (Å²) >= 11 is 0. The molecule has 0 aliphatic rings. The lowest BCUT2D eigenvalue weighted by atomic mass is 9.90. The number of nitrogen functional groups attached to an aromatic ring is 1. The Balaban J connectivity index is 2.36. The van der Waals surface area contributed by atoms with Crippen LogP contribution in [-0.4, -0.2) is 20.2 Å². The Hall–Kier alpha value is -1.91. The summed E-state index contributed by atoms with van der Waals surface area (Å²) in [6, 6.07) is 5.88. The molecule has 0 spiro atoms. The van der Waals surface area contributed by atoms with Gasteiger partial charge in [-0.3, -0.25) is 0 Å². The molecule has 0 bridgehead atoms. The second-order valence-electron chi connectivity index (χ2n) is 5.75. The average Bonchev–Trinajstić information content (AvgIpc) is 2.80. The minimum Gasteiger partial charge on any atom is -0.399 e. The SMILES string of the molecule is CCC(C)(C)Cn1nnnc1-c1ccc(N)c(C)c1. The first-order valence-electron chi connectivity index (χ1n) is 6.55. The number of aromatic nitrogens is 4. The van der Waals surface area contributed by atoms with Gasteiger partial charge in [0.2, 0.25) is 0 Å². The van der Waals surface area contributed by atoms with Crippen molar-refractivity contribution in [3.8, 4) is 11.4 Å². The number of hydrogen-bond acceptors (Lipinski definition) is 4. The monoisotopic (exact) mass is 259 g/mol. The molecule has 2 N–H and O–H groups in total. The Morgan fingerprint density at radius 1 is 1.32 bits per heavy atom. The predicted octanol–water partition coefficient (Wildman–Crippen LogP) is 2.67. The zero-order valence-electron chi connectivity index (χ0n) is 12.0. The van der Waals surface area contributed by atoms with Gasteiger partial charge in [-0.25, -0.2) is 4.68 Å². The number of nitrogens with zero attached hydrogens (tertiary/aromatic N) is 4. The highest BCUT2D eigenvalue weighted by Crippen LogP contribution is 2.26. The third-order valence-corrected chi connectivity index (χ3v) is 3.59. The molecule has 2 aromatic rings. The van der Waals surface area contributed by atoms with Crippen LogP contribution in [-0.2, 0) is 6.54 Å². The summed E-state index contributed by atoms with van der Waals surface area (Å²) < 4.78 is 1.87. The van der Waals surface area contributed by atoms with Gasteiger partial charge in [-0.1, -0.05) is 20.8 Å². The number of anilines is 1. The van der Waals surface area contributed by atoms with E-state index in [-0.39, 0.29) is 5.41 Å². The number of rotatable bonds is 4. The summed E-state index contributed by atoms with van der Waals surface area (Å²) in [5, 5.41) is 12.0. The van der Waals surface area contributed by atoms with Gasteiger partial charge in [0.05, 0.1) is 6.54 Å². The Kier molecular flexibility index (Phi) is 3.55. The molecule has 5 heteroatoms. The van der Waals surface area contributed by atoms with E-state index < -0.39 is 0 Å². The van der Waals surface area contributed by atoms with Crippen molar-refractivity contribution >= 4 is 5.69 Å². The average molecular weight is 259 g/mol. The highest BCUT2D eigenvalue weighted by atomic mass is 15.5. The Bertz CT molecular complexity index is 571. The molecular weight excluding hydrogens is 238 g/mol. The Morgan fingerprint density at radius 2 is 2.05 bits per heavy atom. The van der Waals surface area contributed by atoms with Crippen LogP contribution in [0.3, 0.4) is 0 Å². The lowest BCUT2D eigenvalue weighted by molar-refractivity contribution is 0.279. The fourth-order valence-electron chi connectivity index (χ4n) is 1.85. The lowest BCUT2D eigenvalue weighted by Gasteiger charge is -2.22. The fraction of sp³-hybridized carbons (Fsp3) is 0.500. The molecular formula is C14H21N5. The van der Waals surface area contributed by atoms with Gasteiger partial charge in [0.15, 0.2) is 5.82 Å². The molecule has 1 heterocycles. The Labute approximate surface area is 113 Å². The van der Waals surface area contributed by atoms with Crippen molar-refractivity contribution in [3.05, 3.63) is 23.8 Å². The maximum absolute atomic E-state index is 5.84. The van der Waals surface area contributed by atoms with Crippen LogP contribution >= 0.6 is 0 Å². The van der Waals surface area contributed by atoms with Crippen molar-refractivity contribution in [1.82, 2.24) is 20.2 Å².